The van der Waals surface area contributed by atoms with Gasteiger partial charge in [-0.15, -0.1) is 11.3 Å². The van der Waals surface area contributed by atoms with Crippen LogP contribution < -0.4 is 5.32 Å². The molecule has 0 radical (unpaired) electrons. The summed E-state index contributed by atoms with van der Waals surface area (Å²) in [5.74, 6) is -0.859. The first kappa shape index (κ1) is 13.8. The van der Waals surface area contributed by atoms with Crippen LogP contribution in [0.25, 0.3) is 0 Å². The normalized spacial score (nSPS) is 10.9. The zero-order valence-corrected chi connectivity index (χ0v) is 12.0. The molecule has 0 unspecified atom stereocenters. The van der Waals surface area contributed by atoms with Crippen molar-refractivity contribution in [3.63, 3.8) is 0 Å². The summed E-state index contributed by atoms with van der Waals surface area (Å²) in [5.41, 5.74) is 3.35. The topological polar surface area (TPSA) is 67.2 Å². The second kappa shape index (κ2) is 5.54. The number of carboxylic acid groups (broad SMARTS) is 1. The minimum absolute atomic E-state index is 0.395. The Kier molecular flexibility index (Phi) is 4.01. The molecule has 0 aliphatic rings. The molecule has 0 amide bonds. The van der Waals surface area contributed by atoms with Crippen LogP contribution >= 0.6 is 11.3 Å². The summed E-state index contributed by atoms with van der Waals surface area (Å²) in [4.78, 5) is 12.3. The van der Waals surface area contributed by atoms with Gasteiger partial charge in [0.2, 0.25) is 0 Å². The van der Waals surface area contributed by atoms with Crippen LogP contribution in [0.15, 0.2) is 12.3 Å². The van der Waals surface area contributed by atoms with E-state index in [1.54, 1.807) is 6.07 Å². The average molecular weight is 279 g/mol. The van der Waals surface area contributed by atoms with Gasteiger partial charge >= 0.3 is 5.97 Å². The molecule has 0 fully saturated rings. The fourth-order valence-corrected chi connectivity index (χ4v) is 2.73. The van der Waals surface area contributed by atoms with E-state index in [9.17, 15) is 4.79 Å². The Morgan fingerprint density at radius 2 is 2.11 bits per heavy atom. The van der Waals surface area contributed by atoms with Crippen LogP contribution in [-0.2, 0) is 20.1 Å². The Labute approximate surface area is 115 Å². The molecule has 2 aromatic heterocycles. The first-order valence-electron chi connectivity index (χ1n) is 6.00. The van der Waals surface area contributed by atoms with Crippen molar-refractivity contribution in [3.8, 4) is 0 Å². The lowest BCUT2D eigenvalue weighted by molar-refractivity contribution is 0.0702. The molecule has 2 rings (SSSR count). The van der Waals surface area contributed by atoms with Crippen LogP contribution in [-0.4, -0.2) is 20.9 Å². The number of carbonyl (C=O) groups is 1. The number of aromatic nitrogens is 2. The summed E-state index contributed by atoms with van der Waals surface area (Å²) in [6.45, 7) is 5.38. The molecular weight excluding hydrogens is 262 g/mol. The molecule has 5 nitrogen and oxygen atoms in total. The molecule has 0 aromatic carbocycles. The Morgan fingerprint density at radius 1 is 1.42 bits per heavy atom. The van der Waals surface area contributed by atoms with Crippen molar-refractivity contribution < 1.29 is 9.90 Å². The SMILES string of the molecule is Cc1sc(C(=O)O)cc1CNCc1cnn(C)c1C. The monoisotopic (exact) mass is 279 g/mol. The van der Waals surface area contributed by atoms with Crippen LogP contribution in [0, 0.1) is 13.8 Å². The van der Waals surface area contributed by atoms with Crippen LogP contribution in [0.5, 0.6) is 0 Å². The van der Waals surface area contributed by atoms with Gasteiger partial charge in [-0.05, 0) is 25.5 Å². The Hall–Kier alpha value is -1.66. The van der Waals surface area contributed by atoms with Gasteiger partial charge in [-0.2, -0.15) is 5.10 Å². The van der Waals surface area contributed by atoms with Crippen molar-refractivity contribution in [3.05, 3.63) is 38.8 Å². The molecule has 0 saturated heterocycles. The average Bonchev–Trinajstić information content (AvgIpc) is 2.87. The van der Waals surface area contributed by atoms with E-state index in [2.05, 4.69) is 10.4 Å². The molecule has 0 aliphatic carbocycles. The molecule has 6 heteroatoms. The summed E-state index contributed by atoms with van der Waals surface area (Å²) in [6.07, 6.45) is 1.85. The largest absolute Gasteiger partial charge is 0.477 e. The quantitative estimate of drug-likeness (QED) is 0.879. The molecule has 0 saturated carbocycles. The second-order valence-corrected chi connectivity index (χ2v) is 5.74. The highest BCUT2D eigenvalue weighted by Crippen LogP contribution is 2.21. The van der Waals surface area contributed by atoms with E-state index in [1.165, 1.54) is 11.3 Å². The van der Waals surface area contributed by atoms with Gasteiger partial charge in [0.1, 0.15) is 4.88 Å². The molecule has 2 aromatic rings. The van der Waals surface area contributed by atoms with Crippen molar-refractivity contribution >= 4 is 17.3 Å². The van der Waals surface area contributed by atoms with Gasteiger partial charge < -0.3 is 10.4 Å². The minimum Gasteiger partial charge on any atom is -0.477 e. The summed E-state index contributed by atoms with van der Waals surface area (Å²) in [5, 5.41) is 16.5. The third-order valence-corrected chi connectivity index (χ3v) is 4.28. The first-order valence-corrected chi connectivity index (χ1v) is 6.81. The number of carboxylic acids is 1. The number of rotatable bonds is 5. The number of hydrogen-bond donors (Lipinski definition) is 2. The van der Waals surface area contributed by atoms with Gasteiger partial charge in [-0.25, -0.2) is 4.79 Å². The van der Waals surface area contributed by atoms with E-state index in [1.807, 2.05) is 31.8 Å². The molecule has 102 valence electrons. The predicted molar refractivity (Wildman–Crippen MR) is 74.5 cm³/mol. The third-order valence-electron chi connectivity index (χ3n) is 3.20. The Morgan fingerprint density at radius 3 is 2.63 bits per heavy atom. The van der Waals surface area contributed by atoms with Crippen molar-refractivity contribution in [2.24, 2.45) is 7.05 Å². The Bertz CT molecular complexity index is 601. The third kappa shape index (κ3) is 3.02. The maximum absolute atomic E-state index is 10.9. The smallest absolute Gasteiger partial charge is 0.345 e. The van der Waals surface area contributed by atoms with Gasteiger partial charge in [-0.1, -0.05) is 0 Å². The van der Waals surface area contributed by atoms with Crippen molar-refractivity contribution in [2.45, 2.75) is 26.9 Å². The second-order valence-electron chi connectivity index (χ2n) is 4.48. The van der Waals surface area contributed by atoms with Crippen LogP contribution in [0.1, 0.15) is 31.4 Å². The molecule has 0 atom stereocenters. The molecule has 0 spiro atoms. The van der Waals surface area contributed by atoms with E-state index in [-0.39, 0.29) is 0 Å². The first-order chi connectivity index (χ1) is 8.99. The van der Waals surface area contributed by atoms with Crippen LogP contribution in [0.2, 0.25) is 0 Å². The summed E-state index contributed by atoms with van der Waals surface area (Å²) in [6, 6.07) is 1.74. The van der Waals surface area contributed by atoms with Crippen LogP contribution in [0.4, 0.5) is 0 Å². The highest BCUT2D eigenvalue weighted by Gasteiger charge is 2.11. The van der Waals surface area contributed by atoms with E-state index < -0.39 is 5.97 Å². The number of nitrogens with one attached hydrogen (secondary N) is 1. The van der Waals surface area contributed by atoms with Crippen molar-refractivity contribution in [1.29, 1.82) is 0 Å². The van der Waals surface area contributed by atoms with Gasteiger partial charge in [0.25, 0.3) is 0 Å². The lowest BCUT2D eigenvalue weighted by Crippen LogP contribution is -2.13. The zero-order valence-electron chi connectivity index (χ0n) is 11.2. The lowest BCUT2D eigenvalue weighted by Gasteiger charge is -2.04. The fourth-order valence-electron chi connectivity index (χ4n) is 1.85. The maximum Gasteiger partial charge on any atom is 0.345 e. The lowest BCUT2D eigenvalue weighted by atomic mass is 10.2. The maximum atomic E-state index is 10.9. The minimum atomic E-state index is -0.859. The van der Waals surface area contributed by atoms with E-state index in [0.717, 1.165) is 28.2 Å². The molecular formula is C13H17N3O2S. The van der Waals surface area contributed by atoms with Crippen molar-refractivity contribution in [1.82, 2.24) is 15.1 Å². The van der Waals surface area contributed by atoms with Gasteiger partial charge in [-0.3, -0.25) is 4.68 Å². The summed E-state index contributed by atoms with van der Waals surface area (Å²) < 4.78 is 1.84. The molecule has 0 aliphatic heterocycles. The van der Waals surface area contributed by atoms with Gasteiger partial charge in [0.05, 0.1) is 6.20 Å². The molecule has 19 heavy (non-hydrogen) atoms. The number of nitrogens with zero attached hydrogens (tertiary/aromatic N) is 2. The van der Waals surface area contributed by atoms with E-state index in [0.29, 0.717) is 11.4 Å². The van der Waals surface area contributed by atoms with Gasteiger partial charge in [0.15, 0.2) is 0 Å². The number of aryl methyl sites for hydroxylation is 2. The fraction of sp³-hybridized carbons (Fsp3) is 0.385. The van der Waals surface area contributed by atoms with Crippen molar-refractivity contribution in [2.75, 3.05) is 0 Å². The molecule has 2 heterocycles. The number of hydrogen-bond acceptors (Lipinski definition) is 4. The molecule has 0 bridgehead atoms. The van der Waals surface area contributed by atoms with E-state index in [4.69, 9.17) is 5.11 Å². The highest BCUT2D eigenvalue weighted by molar-refractivity contribution is 7.14. The summed E-state index contributed by atoms with van der Waals surface area (Å²) in [7, 11) is 1.92. The van der Waals surface area contributed by atoms with Gasteiger partial charge in [0, 0.05) is 36.3 Å². The highest BCUT2D eigenvalue weighted by atomic mass is 32.1. The Balaban J connectivity index is 1.96. The van der Waals surface area contributed by atoms with Crippen LogP contribution in [0.3, 0.4) is 0 Å². The zero-order chi connectivity index (χ0) is 14.0. The number of thiophene rings is 1. The summed E-state index contributed by atoms with van der Waals surface area (Å²) >= 11 is 1.32. The predicted octanol–water partition coefficient (Wildman–Crippen LogP) is 2.09. The standard InChI is InChI=1S/C13H17N3O2S/c1-8-11(7-15-16(8)3)6-14-5-10-4-12(13(17)18)19-9(10)2/h4,7,14H,5-6H2,1-3H3,(H,17,18). The number of aromatic carboxylic acids is 1. The van der Waals surface area contributed by atoms with E-state index >= 15 is 0 Å². The molecule has 2 N–H and O–H groups in total.